The van der Waals surface area contributed by atoms with Crippen molar-refractivity contribution in [3.8, 4) is 0 Å². The molecule has 8 heteroatoms. The summed E-state index contributed by atoms with van der Waals surface area (Å²) in [4.78, 5) is 23.9. The van der Waals surface area contributed by atoms with E-state index in [-0.39, 0.29) is 5.91 Å². The normalized spacial score (nSPS) is 10.6. The van der Waals surface area contributed by atoms with E-state index in [2.05, 4.69) is 20.5 Å². The molecule has 0 radical (unpaired) electrons. The average molecular weight is 476 g/mol. The maximum atomic E-state index is 12.5. The van der Waals surface area contributed by atoms with Gasteiger partial charge >= 0.3 is 142 Å². The van der Waals surface area contributed by atoms with Crippen LogP contribution in [0.5, 0.6) is 0 Å². The Kier molecular flexibility index (Phi) is 6.05. The van der Waals surface area contributed by atoms with E-state index in [9.17, 15) is 9.59 Å². The summed E-state index contributed by atoms with van der Waals surface area (Å²) in [5.41, 5.74) is 3.93. The van der Waals surface area contributed by atoms with E-state index < -0.39 is 6.09 Å². The first-order valence-electron chi connectivity index (χ1n) is 9.59. The Labute approximate surface area is 187 Å². The summed E-state index contributed by atoms with van der Waals surface area (Å²) in [5, 5.41) is 11.1. The second-order valence-corrected chi connectivity index (χ2v) is 8.26. The fraction of sp³-hybridized carbons (Fsp3) is 0.0870. The van der Waals surface area contributed by atoms with Gasteiger partial charge in [-0.25, -0.2) is 4.79 Å². The number of ether oxygens (including phenoxy) is 1. The molecule has 1 unspecified atom stereocenters. The number of nitrogens with one attached hydrogen (secondary N) is 2. The number of para-hydroxylation sites is 1. The van der Waals surface area contributed by atoms with Gasteiger partial charge in [0.1, 0.15) is 0 Å². The second-order valence-electron chi connectivity index (χ2n) is 6.96. The average Bonchev–Trinajstić information content (AvgIpc) is 3.17. The molecule has 0 aliphatic carbocycles. The van der Waals surface area contributed by atoms with Crippen LogP contribution in [0.15, 0.2) is 72.9 Å². The first kappa shape index (κ1) is 20.7. The smallest absolute Gasteiger partial charge is 0.0274 e. The number of hydrogen-bond donors (Lipinski definition) is 2. The third-order valence-electron chi connectivity index (χ3n) is 4.75. The van der Waals surface area contributed by atoms with Crippen LogP contribution in [0.2, 0.25) is 0 Å². The molecule has 4 aromatic rings. The molecule has 0 aliphatic heterocycles. The van der Waals surface area contributed by atoms with Gasteiger partial charge in [0.2, 0.25) is 0 Å². The predicted octanol–water partition coefficient (Wildman–Crippen LogP) is 2.77. The van der Waals surface area contributed by atoms with Crippen LogP contribution in [-0.2, 0) is 11.3 Å². The molecule has 2 amide bonds. The van der Waals surface area contributed by atoms with Gasteiger partial charge in [-0.3, -0.25) is 5.32 Å². The summed E-state index contributed by atoms with van der Waals surface area (Å²) in [7, 11) is 1.32. The zero-order valence-electron chi connectivity index (χ0n) is 16.8. The minimum absolute atomic E-state index is 0.132. The molecule has 0 spiro atoms. The van der Waals surface area contributed by atoms with Crippen LogP contribution >= 0.6 is 0 Å². The SMILES string of the molecule is COC(=O)Nc1ccc2nn(Cc3ccc(C(=O)Nc4ccccc4[AsH2])cc3)cc2c1. The van der Waals surface area contributed by atoms with Crippen LogP contribution in [0, 0.1) is 0 Å². The predicted molar refractivity (Wildman–Crippen MR) is 124 cm³/mol. The summed E-state index contributed by atoms with van der Waals surface area (Å²) in [5.74, 6) is -0.132. The van der Waals surface area contributed by atoms with Gasteiger partial charge in [0.15, 0.2) is 0 Å². The Bertz CT molecular complexity index is 1250. The molecule has 156 valence electrons. The minimum Gasteiger partial charge on any atom is -0.0274 e. The summed E-state index contributed by atoms with van der Waals surface area (Å²) in [6.07, 6.45) is 1.40. The maximum absolute atomic E-state index is 12.5. The third-order valence-corrected chi connectivity index (χ3v) is 5.81. The van der Waals surface area contributed by atoms with Gasteiger partial charge < -0.3 is 4.74 Å². The molecule has 1 atom stereocenters. The van der Waals surface area contributed by atoms with Crippen LogP contribution in [0.25, 0.3) is 10.9 Å². The number of carbonyl (C=O) groups excluding carboxylic acids is 2. The van der Waals surface area contributed by atoms with E-state index in [0.29, 0.717) is 17.8 Å². The first-order chi connectivity index (χ1) is 15.0. The van der Waals surface area contributed by atoms with Gasteiger partial charge in [-0.15, -0.1) is 0 Å². The quantitative estimate of drug-likeness (QED) is 0.434. The Morgan fingerprint density at radius 3 is 2.55 bits per heavy atom. The molecule has 7 nitrogen and oxygen atoms in total. The van der Waals surface area contributed by atoms with Crippen molar-refractivity contribution in [2.24, 2.45) is 0 Å². The van der Waals surface area contributed by atoms with Gasteiger partial charge in [0, 0.05) is 5.69 Å². The molecular formula is C23H21AsN4O3. The molecule has 1 aromatic heterocycles. The van der Waals surface area contributed by atoms with Crippen molar-refractivity contribution in [3.63, 3.8) is 0 Å². The Morgan fingerprint density at radius 2 is 1.81 bits per heavy atom. The van der Waals surface area contributed by atoms with Crippen LogP contribution in [0.1, 0.15) is 15.9 Å². The van der Waals surface area contributed by atoms with Gasteiger partial charge in [-0.2, -0.15) is 0 Å². The summed E-state index contributed by atoms with van der Waals surface area (Å²) >= 11 is 1.47. The number of rotatable bonds is 5. The molecule has 0 saturated carbocycles. The van der Waals surface area contributed by atoms with E-state index in [1.165, 1.54) is 24.0 Å². The molecule has 0 bridgehead atoms. The molecule has 2 N–H and O–H groups in total. The molecule has 0 aliphatic rings. The van der Waals surface area contributed by atoms with Crippen molar-refractivity contribution in [3.05, 3.63) is 84.1 Å². The molecule has 1 heterocycles. The van der Waals surface area contributed by atoms with Crippen molar-refractivity contribution in [2.75, 3.05) is 17.7 Å². The molecule has 0 fully saturated rings. The van der Waals surface area contributed by atoms with Gasteiger partial charge in [-0.1, -0.05) is 0 Å². The number of carbonyl (C=O) groups is 2. The Morgan fingerprint density at radius 1 is 1.03 bits per heavy atom. The molecule has 4 rings (SSSR count). The summed E-state index contributed by atoms with van der Waals surface area (Å²) in [6, 6.07) is 20.7. The van der Waals surface area contributed by atoms with Gasteiger partial charge in [0.25, 0.3) is 0 Å². The van der Waals surface area contributed by atoms with E-state index >= 15 is 0 Å². The molecule has 0 saturated heterocycles. The number of anilines is 2. The van der Waals surface area contributed by atoms with Crippen molar-refractivity contribution in [1.82, 2.24) is 9.78 Å². The number of benzene rings is 3. The number of aromatic nitrogens is 2. The second kappa shape index (κ2) is 9.06. The third kappa shape index (κ3) is 4.95. The molecule has 31 heavy (non-hydrogen) atoms. The van der Waals surface area contributed by atoms with Crippen LogP contribution in [0.3, 0.4) is 0 Å². The van der Waals surface area contributed by atoms with Crippen molar-refractivity contribution >= 4 is 55.5 Å². The number of nitrogens with zero attached hydrogens (tertiary/aromatic N) is 2. The van der Waals surface area contributed by atoms with Gasteiger partial charge in [0.05, 0.1) is 7.11 Å². The Hall–Kier alpha value is -3.57. The molecular weight excluding hydrogens is 455 g/mol. The van der Waals surface area contributed by atoms with E-state index in [0.717, 1.165) is 26.5 Å². The van der Waals surface area contributed by atoms with Crippen LogP contribution < -0.4 is 15.0 Å². The number of fused-ring (bicyclic) bond motifs is 1. The standard InChI is InChI=1S/C23H21AsN4O3/c1-31-23(30)25-18-10-11-20-17(12-18)14-28(27-20)13-15-6-8-16(9-7-15)22(29)26-21-5-3-2-4-19(21)24/h2-12,14H,13,24H2,1H3,(H,25,30)(H,26,29). The first-order valence-corrected chi connectivity index (χ1v) is 10.8. The number of methoxy groups -OCH3 is 1. The van der Waals surface area contributed by atoms with Crippen LogP contribution in [0.4, 0.5) is 16.2 Å². The van der Waals surface area contributed by atoms with E-state index in [1.54, 1.807) is 6.07 Å². The fourth-order valence-electron chi connectivity index (χ4n) is 3.16. The van der Waals surface area contributed by atoms with Gasteiger partial charge in [-0.05, 0) is 18.2 Å². The number of hydrogen-bond acceptors (Lipinski definition) is 4. The van der Waals surface area contributed by atoms with E-state index in [1.807, 2.05) is 71.5 Å². The van der Waals surface area contributed by atoms with E-state index in [4.69, 9.17) is 0 Å². The zero-order valence-corrected chi connectivity index (χ0v) is 19.3. The summed E-state index contributed by atoms with van der Waals surface area (Å²) < 4.78 is 7.53. The number of amides is 2. The monoisotopic (exact) mass is 476 g/mol. The van der Waals surface area contributed by atoms with Crippen molar-refractivity contribution < 1.29 is 14.3 Å². The minimum atomic E-state index is -0.515. The van der Waals surface area contributed by atoms with Crippen molar-refractivity contribution in [1.29, 1.82) is 0 Å². The Balaban J connectivity index is 1.45. The van der Waals surface area contributed by atoms with Crippen molar-refractivity contribution in [2.45, 2.75) is 6.54 Å². The fourth-order valence-corrected chi connectivity index (χ4v) is 3.74. The van der Waals surface area contributed by atoms with Crippen LogP contribution in [-0.4, -0.2) is 45.7 Å². The summed E-state index contributed by atoms with van der Waals surface area (Å²) in [6.45, 7) is 0.566. The molecule has 3 aromatic carbocycles. The topological polar surface area (TPSA) is 85.2 Å². The zero-order chi connectivity index (χ0) is 21.8.